The van der Waals surface area contributed by atoms with Crippen molar-refractivity contribution in [2.45, 2.75) is 25.6 Å². The Morgan fingerprint density at radius 1 is 1.33 bits per heavy atom. The molecule has 0 radical (unpaired) electrons. The lowest BCUT2D eigenvalue weighted by atomic mass is 10.0. The van der Waals surface area contributed by atoms with E-state index < -0.39 is 17.6 Å². The maximum atomic E-state index is 13.0. The Kier molecular flexibility index (Phi) is 4.64. The minimum absolute atomic E-state index is 0.0721. The van der Waals surface area contributed by atoms with Gasteiger partial charge in [0.15, 0.2) is 0 Å². The van der Waals surface area contributed by atoms with E-state index in [1.54, 1.807) is 11.3 Å². The second-order valence-electron chi connectivity index (χ2n) is 5.79. The van der Waals surface area contributed by atoms with Gasteiger partial charge < -0.3 is 5.32 Å². The van der Waals surface area contributed by atoms with E-state index in [4.69, 9.17) is 0 Å². The molecule has 3 rings (SSSR count). The van der Waals surface area contributed by atoms with Crippen molar-refractivity contribution in [1.82, 2.24) is 4.90 Å². The van der Waals surface area contributed by atoms with Gasteiger partial charge in [-0.15, -0.1) is 11.3 Å². The maximum Gasteiger partial charge on any atom is 0.418 e. The number of amides is 1. The normalized spacial score (nSPS) is 18.2. The van der Waals surface area contributed by atoms with Crippen molar-refractivity contribution in [2.24, 2.45) is 0 Å². The Hall–Kier alpha value is -1.86. The van der Waals surface area contributed by atoms with Crippen LogP contribution in [0.4, 0.5) is 18.9 Å². The van der Waals surface area contributed by atoms with Gasteiger partial charge in [-0.25, -0.2) is 0 Å². The first-order valence-corrected chi connectivity index (χ1v) is 8.50. The summed E-state index contributed by atoms with van der Waals surface area (Å²) in [5, 5.41) is 4.44. The molecule has 1 atom stereocenters. The van der Waals surface area contributed by atoms with E-state index in [1.807, 2.05) is 23.3 Å². The van der Waals surface area contributed by atoms with Gasteiger partial charge in [0.2, 0.25) is 5.91 Å². The van der Waals surface area contributed by atoms with Crippen LogP contribution in [0.15, 0.2) is 35.7 Å². The highest BCUT2D eigenvalue weighted by Crippen LogP contribution is 2.35. The number of halogens is 3. The van der Waals surface area contributed by atoms with E-state index in [9.17, 15) is 18.0 Å². The van der Waals surface area contributed by atoms with E-state index in [0.717, 1.165) is 19.0 Å². The molecule has 128 valence electrons. The lowest BCUT2D eigenvalue weighted by Gasteiger charge is -2.33. The van der Waals surface area contributed by atoms with Crippen LogP contribution < -0.4 is 5.32 Å². The topological polar surface area (TPSA) is 32.3 Å². The zero-order valence-electron chi connectivity index (χ0n) is 13.1. The fourth-order valence-electron chi connectivity index (χ4n) is 2.99. The molecule has 3 nitrogen and oxygen atoms in total. The molecule has 1 aliphatic heterocycles. The average Bonchev–Trinajstić information content (AvgIpc) is 2.99. The molecule has 0 spiro atoms. The summed E-state index contributed by atoms with van der Waals surface area (Å²) in [6.45, 7) is 2.81. The first-order valence-electron chi connectivity index (χ1n) is 7.62. The van der Waals surface area contributed by atoms with Gasteiger partial charge in [-0.2, -0.15) is 13.2 Å². The number of carbonyl (C=O) groups excluding carboxylic acids is 1. The predicted octanol–water partition coefficient (Wildman–Crippen LogP) is 4.32. The van der Waals surface area contributed by atoms with Crippen LogP contribution in [-0.2, 0) is 17.4 Å². The molecule has 1 aromatic carbocycles. The number of anilines is 1. The van der Waals surface area contributed by atoms with Gasteiger partial charge in [-0.05, 0) is 42.5 Å². The number of hydrogen-bond donors (Lipinski definition) is 1. The van der Waals surface area contributed by atoms with Crippen LogP contribution in [0.1, 0.15) is 29.0 Å². The average molecular weight is 354 g/mol. The molecule has 7 heteroatoms. The third-order valence-corrected chi connectivity index (χ3v) is 5.25. The van der Waals surface area contributed by atoms with Crippen molar-refractivity contribution < 1.29 is 18.0 Å². The number of carbonyl (C=O) groups is 1. The summed E-state index contributed by atoms with van der Waals surface area (Å²) < 4.78 is 39.0. The van der Waals surface area contributed by atoms with E-state index in [-0.39, 0.29) is 18.3 Å². The summed E-state index contributed by atoms with van der Waals surface area (Å²) in [5.41, 5.74) is 0.177. The quantitative estimate of drug-likeness (QED) is 0.890. The zero-order valence-corrected chi connectivity index (χ0v) is 13.9. The molecule has 0 saturated carbocycles. The minimum atomic E-state index is -4.49. The molecular weight excluding hydrogens is 337 g/mol. The number of fused-ring (bicyclic) bond motifs is 1. The highest BCUT2D eigenvalue weighted by molar-refractivity contribution is 7.10. The third-order valence-electron chi connectivity index (χ3n) is 4.26. The molecule has 24 heavy (non-hydrogen) atoms. The fraction of sp³-hybridized carbons (Fsp3) is 0.353. The molecule has 1 aromatic heterocycles. The monoisotopic (exact) mass is 354 g/mol. The Labute approximate surface area is 142 Å². The van der Waals surface area contributed by atoms with E-state index in [2.05, 4.69) is 5.32 Å². The van der Waals surface area contributed by atoms with Crippen molar-refractivity contribution in [3.8, 4) is 0 Å². The summed E-state index contributed by atoms with van der Waals surface area (Å²) in [7, 11) is 0. The summed E-state index contributed by atoms with van der Waals surface area (Å²) in [6.07, 6.45) is -3.63. The van der Waals surface area contributed by atoms with Crippen molar-refractivity contribution in [3.63, 3.8) is 0 Å². The van der Waals surface area contributed by atoms with Crippen molar-refractivity contribution in [1.29, 1.82) is 0 Å². The van der Waals surface area contributed by atoms with Crippen LogP contribution in [0.3, 0.4) is 0 Å². The maximum absolute atomic E-state index is 13.0. The number of benzene rings is 1. The third kappa shape index (κ3) is 3.47. The standard InChI is InChI=1S/C17H17F3N2OS/c1-11-12-7-9-24-15(12)6-8-22(11)10-16(23)21-14-5-3-2-4-13(14)17(18,19)20/h2-5,7,9,11H,6,8,10H2,1H3,(H,21,23)/t11-/m1/s1. The van der Waals surface area contributed by atoms with Crippen LogP contribution in [0, 0.1) is 0 Å². The van der Waals surface area contributed by atoms with Crippen molar-refractivity contribution in [3.05, 3.63) is 51.7 Å². The van der Waals surface area contributed by atoms with Crippen LogP contribution in [0.2, 0.25) is 0 Å². The van der Waals surface area contributed by atoms with Crippen LogP contribution >= 0.6 is 11.3 Å². The van der Waals surface area contributed by atoms with Gasteiger partial charge >= 0.3 is 6.18 Å². The Bertz CT molecular complexity index is 741. The Morgan fingerprint density at radius 3 is 2.83 bits per heavy atom. The SMILES string of the molecule is C[C@@H]1c2ccsc2CCN1CC(=O)Nc1ccccc1C(F)(F)F. The van der Waals surface area contributed by atoms with E-state index in [1.165, 1.54) is 28.6 Å². The smallest absolute Gasteiger partial charge is 0.324 e. The zero-order chi connectivity index (χ0) is 17.3. The number of nitrogens with zero attached hydrogens (tertiary/aromatic N) is 1. The first kappa shape index (κ1) is 17.0. The Balaban J connectivity index is 1.69. The van der Waals surface area contributed by atoms with Gasteiger partial charge in [-0.1, -0.05) is 12.1 Å². The molecule has 1 amide bonds. The second-order valence-corrected chi connectivity index (χ2v) is 6.79. The molecule has 2 aromatic rings. The molecule has 2 heterocycles. The summed E-state index contributed by atoms with van der Waals surface area (Å²) in [5.74, 6) is -0.433. The second kappa shape index (κ2) is 6.57. The Morgan fingerprint density at radius 2 is 2.08 bits per heavy atom. The first-order chi connectivity index (χ1) is 11.4. The van der Waals surface area contributed by atoms with Crippen molar-refractivity contribution in [2.75, 3.05) is 18.4 Å². The number of para-hydroxylation sites is 1. The van der Waals surface area contributed by atoms with Gasteiger partial charge in [0.05, 0.1) is 17.8 Å². The highest BCUT2D eigenvalue weighted by atomic mass is 32.1. The number of nitrogens with one attached hydrogen (secondary N) is 1. The molecule has 0 fully saturated rings. The van der Waals surface area contributed by atoms with E-state index in [0.29, 0.717) is 0 Å². The lowest BCUT2D eigenvalue weighted by Crippen LogP contribution is -2.39. The van der Waals surface area contributed by atoms with Gasteiger partial charge in [0, 0.05) is 17.5 Å². The minimum Gasteiger partial charge on any atom is -0.324 e. The fourth-order valence-corrected chi connectivity index (χ4v) is 3.95. The van der Waals surface area contributed by atoms with Crippen LogP contribution in [0.5, 0.6) is 0 Å². The molecule has 1 N–H and O–H groups in total. The molecule has 0 saturated heterocycles. The molecule has 0 unspecified atom stereocenters. The van der Waals surface area contributed by atoms with Gasteiger partial charge in [0.1, 0.15) is 0 Å². The van der Waals surface area contributed by atoms with Crippen LogP contribution in [-0.4, -0.2) is 23.9 Å². The summed E-state index contributed by atoms with van der Waals surface area (Å²) >= 11 is 1.71. The molecular formula is C17H17F3N2OS. The number of rotatable bonds is 3. The molecule has 0 aliphatic carbocycles. The molecule has 0 bridgehead atoms. The lowest BCUT2D eigenvalue weighted by molar-refractivity contribution is -0.137. The molecule has 1 aliphatic rings. The van der Waals surface area contributed by atoms with Gasteiger partial charge in [0.25, 0.3) is 0 Å². The number of thiophene rings is 1. The highest BCUT2D eigenvalue weighted by Gasteiger charge is 2.34. The summed E-state index contributed by atoms with van der Waals surface area (Å²) in [6, 6.07) is 7.17. The largest absolute Gasteiger partial charge is 0.418 e. The van der Waals surface area contributed by atoms with Gasteiger partial charge in [-0.3, -0.25) is 9.69 Å². The van der Waals surface area contributed by atoms with Crippen molar-refractivity contribution >= 4 is 22.9 Å². The number of alkyl halides is 3. The number of hydrogen-bond acceptors (Lipinski definition) is 3. The predicted molar refractivity (Wildman–Crippen MR) is 88.1 cm³/mol. The van der Waals surface area contributed by atoms with E-state index >= 15 is 0 Å². The van der Waals surface area contributed by atoms with Crippen LogP contribution in [0.25, 0.3) is 0 Å². The summed E-state index contributed by atoms with van der Waals surface area (Å²) in [4.78, 5) is 15.5.